The highest BCUT2D eigenvalue weighted by Gasteiger charge is 2.10. The minimum Gasteiger partial charge on any atom is -0.338 e. The molecule has 0 aliphatic carbocycles. The first-order chi connectivity index (χ1) is 10.2. The van der Waals surface area contributed by atoms with E-state index >= 15 is 0 Å². The Morgan fingerprint density at radius 1 is 1.00 bits per heavy atom. The molecule has 0 fully saturated rings. The first-order valence-electron chi connectivity index (χ1n) is 6.61. The summed E-state index contributed by atoms with van der Waals surface area (Å²) in [5.74, 6) is 7.46. The molecule has 3 aromatic rings. The van der Waals surface area contributed by atoms with Crippen molar-refractivity contribution in [2.45, 2.75) is 13.8 Å². The summed E-state index contributed by atoms with van der Waals surface area (Å²) < 4.78 is 0. The van der Waals surface area contributed by atoms with Gasteiger partial charge in [-0.2, -0.15) is 0 Å². The van der Waals surface area contributed by atoms with Crippen LogP contribution in [0.3, 0.4) is 0 Å². The molecule has 4 N–H and O–H groups in total. The lowest BCUT2D eigenvalue weighted by Crippen LogP contribution is -2.13. The van der Waals surface area contributed by atoms with Gasteiger partial charge in [-0.3, -0.25) is 4.98 Å². The highest BCUT2D eigenvalue weighted by atomic mass is 15.3. The number of nitrogens with zero attached hydrogens (tertiary/aromatic N) is 3. The van der Waals surface area contributed by atoms with Gasteiger partial charge in [0.15, 0.2) is 0 Å². The molecule has 6 heteroatoms. The number of aromatic nitrogens is 3. The van der Waals surface area contributed by atoms with Gasteiger partial charge in [0.2, 0.25) is 0 Å². The fraction of sp³-hybridized carbons (Fsp3) is 0.133. The van der Waals surface area contributed by atoms with Gasteiger partial charge in [0, 0.05) is 17.1 Å². The number of hydrogen-bond donors (Lipinski definition) is 3. The van der Waals surface area contributed by atoms with Gasteiger partial charge in [0.25, 0.3) is 0 Å². The first kappa shape index (κ1) is 13.3. The first-order valence-corrected chi connectivity index (χ1v) is 6.61. The summed E-state index contributed by atoms with van der Waals surface area (Å²) in [6.07, 6.45) is 1.78. The minimum absolute atomic E-state index is 0.609. The molecule has 6 nitrogen and oxygen atoms in total. The second-order valence-electron chi connectivity index (χ2n) is 4.74. The Hall–Kier alpha value is -2.73. The van der Waals surface area contributed by atoms with Crippen LogP contribution >= 0.6 is 0 Å². The van der Waals surface area contributed by atoms with E-state index in [1.54, 1.807) is 6.20 Å². The van der Waals surface area contributed by atoms with Crippen molar-refractivity contribution in [1.82, 2.24) is 15.0 Å². The maximum Gasteiger partial charge on any atom is 0.148 e. The van der Waals surface area contributed by atoms with Crippen molar-refractivity contribution in [3.05, 3.63) is 47.9 Å². The van der Waals surface area contributed by atoms with Crippen LogP contribution < -0.4 is 16.6 Å². The fourth-order valence-electron chi connectivity index (χ4n) is 2.22. The molecule has 0 atom stereocenters. The maximum absolute atomic E-state index is 5.49. The van der Waals surface area contributed by atoms with Crippen LogP contribution in [0.15, 0.2) is 36.5 Å². The van der Waals surface area contributed by atoms with E-state index < -0.39 is 0 Å². The Labute approximate surface area is 122 Å². The molecule has 1 aromatic carbocycles. The molecule has 0 bridgehead atoms. The van der Waals surface area contributed by atoms with Crippen molar-refractivity contribution >= 4 is 28.2 Å². The number of nitrogens with two attached hydrogens (primary N) is 1. The Balaban J connectivity index is 2.09. The minimum atomic E-state index is 0.609. The lowest BCUT2D eigenvalue weighted by Gasteiger charge is -2.13. The van der Waals surface area contributed by atoms with Crippen molar-refractivity contribution in [3.8, 4) is 0 Å². The van der Waals surface area contributed by atoms with E-state index in [0.717, 1.165) is 22.2 Å². The molecule has 0 spiro atoms. The molecule has 0 radical (unpaired) electrons. The molecule has 0 saturated heterocycles. The Bertz CT molecular complexity index is 794. The van der Waals surface area contributed by atoms with Crippen LogP contribution in [0.4, 0.5) is 17.3 Å². The summed E-state index contributed by atoms with van der Waals surface area (Å²) in [5.41, 5.74) is 5.25. The van der Waals surface area contributed by atoms with Crippen LogP contribution in [-0.4, -0.2) is 15.0 Å². The van der Waals surface area contributed by atoms with Gasteiger partial charge in [0.05, 0.1) is 11.2 Å². The van der Waals surface area contributed by atoms with Crippen LogP contribution in [0, 0.1) is 13.8 Å². The second-order valence-corrected chi connectivity index (χ2v) is 4.74. The summed E-state index contributed by atoms with van der Waals surface area (Å²) in [6.45, 7) is 3.74. The molecule has 2 aromatic heterocycles. The number of pyridine rings is 1. The molecule has 2 heterocycles. The third-order valence-corrected chi connectivity index (χ3v) is 3.28. The maximum atomic E-state index is 5.49. The average Bonchev–Trinajstić information content (AvgIpc) is 2.51. The van der Waals surface area contributed by atoms with E-state index in [-0.39, 0.29) is 0 Å². The summed E-state index contributed by atoms with van der Waals surface area (Å²) in [7, 11) is 0. The molecular formula is C15H16N6. The Kier molecular flexibility index (Phi) is 3.37. The molecule has 3 rings (SSSR count). The number of benzene rings is 1. The van der Waals surface area contributed by atoms with E-state index in [9.17, 15) is 0 Å². The van der Waals surface area contributed by atoms with Crippen LogP contribution in [-0.2, 0) is 0 Å². The lowest BCUT2D eigenvalue weighted by atomic mass is 10.2. The fourth-order valence-corrected chi connectivity index (χ4v) is 2.22. The zero-order valence-corrected chi connectivity index (χ0v) is 11.9. The number of aryl methyl sites for hydroxylation is 1. The van der Waals surface area contributed by atoms with Crippen LogP contribution in [0.25, 0.3) is 10.9 Å². The highest BCUT2D eigenvalue weighted by Crippen LogP contribution is 2.27. The number of anilines is 3. The smallest absolute Gasteiger partial charge is 0.148 e. The van der Waals surface area contributed by atoms with Gasteiger partial charge in [-0.25, -0.2) is 15.8 Å². The van der Waals surface area contributed by atoms with E-state index in [1.807, 2.05) is 44.2 Å². The van der Waals surface area contributed by atoms with Crippen molar-refractivity contribution in [1.29, 1.82) is 0 Å². The third kappa shape index (κ3) is 2.48. The normalized spacial score (nSPS) is 10.6. The molecule has 0 aliphatic rings. The third-order valence-electron chi connectivity index (χ3n) is 3.28. The van der Waals surface area contributed by atoms with Gasteiger partial charge in [-0.05, 0) is 26.0 Å². The number of para-hydroxylation sites is 1. The number of nitrogen functional groups attached to an aromatic ring is 1. The molecule has 21 heavy (non-hydrogen) atoms. The highest BCUT2D eigenvalue weighted by molar-refractivity contribution is 5.92. The quantitative estimate of drug-likeness (QED) is 0.505. The summed E-state index contributed by atoms with van der Waals surface area (Å²) in [4.78, 5) is 13.1. The molecular weight excluding hydrogens is 264 g/mol. The zero-order valence-electron chi connectivity index (χ0n) is 11.9. The Morgan fingerprint density at radius 2 is 1.76 bits per heavy atom. The second kappa shape index (κ2) is 5.34. The van der Waals surface area contributed by atoms with Crippen LogP contribution in [0.2, 0.25) is 0 Å². The van der Waals surface area contributed by atoms with Gasteiger partial charge in [0.1, 0.15) is 17.5 Å². The number of nitrogens with one attached hydrogen (secondary N) is 2. The lowest BCUT2D eigenvalue weighted by molar-refractivity contribution is 1.03. The number of rotatable bonds is 3. The summed E-state index contributed by atoms with van der Waals surface area (Å²) >= 11 is 0. The number of hydrazine groups is 1. The van der Waals surface area contributed by atoms with Crippen molar-refractivity contribution in [2.24, 2.45) is 5.84 Å². The SMILES string of the molecule is Cc1nc(NN)c(C)c(Nc2cccc3cccnc23)n1. The van der Waals surface area contributed by atoms with Crippen LogP contribution in [0.1, 0.15) is 11.4 Å². The predicted molar refractivity (Wildman–Crippen MR) is 84.3 cm³/mol. The summed E-state index contributed by atoms with van der Waals surface area (Å²) in [5, 5.41) is 4.39. The van der Waals surface area contributed by atoms with Crippen molar-refractivity contribution < 1.29 is 0 Å². The van der Waals surface area contributed by atoms with E-state index in [0.29, 0.717) is 17.5 Å². The Morgan fingerprint density at radius 3 is 2.57 bits per heavy atom. The largest absolute Gasteiger partial charge is 0.338 e. The topological polar surface area (TPSA) is 88.8 Å². The molecule has 0 saturated carbocycles. The monoisotopic (exact) mass is 280 g/mol. The van der Waals surface area contributed by atoms with Crippen molar-refractivity contribution in [3.63, 3.8) is 0 Å². The molecule has 0 amide bonds. The number of hydrogen-bond acceptors (Lipinski definition) is 6. The van der Waals surface area contributed by atoms with Gasteiger partial charge < -0.3 is 10.7 Å². The van der Waals surface area contributed by atoms with Crippen molar-refractivity contribution in [2.75, 3.05) is 10.7 Å². The van der Waals surface area contributed by atoms with Gasteiger partial charge >= 0.3 is 0 Å². The summed E-state index contributed by atoms with van der Waals surface area (Å²) in [6, 6.07) is 9.93. The van der Waals surface area contributed by atoms with Crippen LogP contribution in [0.5, 0.6) is 0 Å². The van der Waals surface area contributed by atoms with E-state index in [4.69, 9.17) is 5.84 Å². The van der Waals surface area contributed by atoms with Gasteiger partial charge in [-0.15, -0.1) is 0 Å². The van der Waals surface area contributed by atoms with E-state index in [2.05, 4.69) is 25.7 Å². The number of fused-ring (bicyclic) bond motifs is 1. The molecule has 0 aliphatic heterocycles. The molecule has 0 unspecified atom stereocenters. The standard InChI is InChI=1S/C15H16N6/c1-9-14(18-10(2)19-15(9)21-16)20-12-7-3-5-11-6-4-8-17-13(11)12/h3-8H,16H2,1-2H3,(H2,18,19,20,21). The average molecular weight is 280 g/mol. The van der Waals surface area contributed by atoms with Gasteiger partial charge in [-0.1, -0.05) is 18.2 Å². The van der Waals surface area contributed by atoms with E-state index in [1.165, 1.54) is 0 Å². The molecule has 106 valence electrons. The predicted octanol–water partition coefficient (Wildman–Crippen LogP) is 2.67. The zero-order chi connectivity index (χ0) is 14.8.